The van der Waals surface area contributed by atoms with E-state index in [1.165, 1.54) is 7.11 Å². The number of nitrogens with zero attached hydrogens (tertiary/aromatic N) is 4. The SMILES string of the molecule is COC.COC(=O)N[C@@H](C)C=O.C[C@@H](NC=O)C(=O)N1CCC[C@H]1c1ncc(-c2ccc(-c3ccc(-c4nc([C@@H]5CCCN5C)[nH]c4C(=O)OCc4ccccc4)cc3)cc2)[nH]1. The number of carbonyl (C=O) groups excluding carboxylic acids is 5. The van der Waals surface area contributed by atoms with Crippen molar-refractivity contribution >= 4 is 30.7 Å². The van der Waals surface area contributed by atoms with E-state index < -0.39 is 24.1 Å². The Morgan fingerprint density at radius 1 is 0.823 bits per heavy atom. The number of benzene rings is 3. The summed E-state index contributed by atoms with van der Waals surface area (Å²) in [7, 11) is 6.58. The Labute approximate surface area is 361 Å². The molecule has 2 aliphatic heterocycles. The molecule has 2 aliphatic rings. The molecule has 0 bridgehead atoms. The first kappa shape index (κ1) is 46.4. The van der Waals surface area contributed by atoms with Crippen LogP contribution in [0.5, 0.6) is 0 Å². The summed E-state index contributed by atoms with van der Waals surface area (Å²) in [5.41, 5.74) is 6.64. The molecule has 4 heterocycles. The molecule has 2 fully saturated rings. The van der Waals surface area contributed by atoms with Crippen LogP contribution in [0.3, 0.4) is 0 Å². The molecule has 2 aromatic heterocycles. The van der Waals surface area contributed by atoms with Crippen LogP contribution in [0.1, 0.15) is 79.3 Å². The summed E-state index contributed by atoms with van der Waals surface area (Å²) in [6.45, 7) is 5.06. The summed E-state index contributed by atoms with van der Waals surface area (Å²) in [5.74, 6) is 0.987. The lowest BCUT2D eigenvalue weighted by atomic mass is 10.0. The molecule has 0 unspecified atom stereocenters. The van der Waals surface area contributed by atoms with Gasteiger partial charge in [-0.25, -0.2) is 19.6 Å². The molecule has 7 rings (SSSR count). The van der Waals surface area contributed by atoms with E-state index in [1.807, 2.05) is 66.7 Å². The molecule has 0 spiro atoms. The van der Waals surface area contributed by atoms with Gasteiger partial charge in [0.15, 0.2) is 5.69 Å². The predicted molar refractivity (Wildman–Crippen MR) is 234 cm³/mol. The number of methoxy groups -OCH3 is 2. The third-order valence-electron chi connectivity index (χ3n) is 10.5. The van der Waals surface area contributed by atoms with Crippen molar-refractivity contribution < 1.29 is 38.2 Å². The van der Waals surface area contributed by atoms with Gasteiger partial charge in [-0.15, -0.1) is 0 Å². The number of ether oxygens (including phenoxy) is 3. The predicted octanol–water partition coefficient (Wildman–Crippen LogP) is 6.25. The van der Waals surface area contributed by atoms with Gasteiger partial charge in [-0.2, -0.15) is 0 Å². The molecule has 0 saturated carbocycles. The number of imidazole rings is 2. The van der Waals surface area contributed by atoms with Gasteiger partial charge in [-0.3, -0.25) is 14.5 Å². The van der Waals surface area contributed by atoms with Gasteiger partial charge in [-0.1, -0.05) is 78.9 Å². The number of amides is 3. The van der Waals surface area contributed by atoms with Crippen LogP contribution >= 0.6 is 0 Å². The minimum Gasteiger partial charge on any atom is -0.456 e. The standard InChI is InChI=1S/C39H41N7O4.C5H9NO3.C2H6O/c1-25(41-24-47)38(48)46-21-7-11-33(46)36-40-22-31(42-36)29-16-12-27(13-17-29)28-14-18-30(19-15-28)34-35(39(49)50-23-26-8-4-3-5-9-26)44-37(43-34)32-10-6-20-45(32)2;1-4(3-7)6-5(8)9-2;1-3-2/h3-5,8-9,12-19,22,24-25,32-33H,6-7,10-11,20-21,23H2,1-2H3,(H,40,42)(H,41,47)(H,43,44);3-4H,1-2H3,(H,6,8);1-2H3/t25-,32+,33+;4-;/m10./s1. The number of likely N-dealkylation sites (tertiary alicyclic amines) is 2. The average Bonchev–Trinajstić information content (AvgIpc) is 4.14. The van der Waals surface area contributed by atoms with Crippen molar-refractivity contribution in [1.82, 2.24) is 40.4 Å². The fraction of sp³-hybridized carbons (Fsp3) is 0.370. The number of rotatable bonds is 13. The average molecular weight is 849 g/mol. The Kier molecular flexibility index (Phi) is 17.1. The van der Waals surface area contributed by atoms with Crippen molar-refractivity contribution in [3.8, 4) is 33.6 Å². The second-order valence-electron chi connectivity index (χ2n) is 15.0. The van der Waals surface area contributed by atoms with Crippen LogP contribution in [-0.4, -0.2) is 114 Å². The molecule has 0 radical (unpaired) electrons. The van der Waals surface area contributed by atoms with Crippen molar-refractivity contribution in [2.45, 2.75) is 70.3 Å². The molecular weight excluding hydrogens is 793 g/mol. The molecule has 62 heavy (non-hydrogen) atoms. The number of aromatic nitrogens is 4. The Bertz CT molecular complexity index is 2230. The van der Waals surface area contributed by atoms with Gasteiger partial charge in [0.25, 0.3) is 0 Å². The van der Waals surface area contributed by atoms with Gasteiger partial charge in [0.1, 0.15) is 36.3 Å². The maximum atomic E-state index is 13.4. The molecule has 2 saturated heterocycles. The van der Waals surface area contributed by atoms with Crippen LogP contribution in [-0.2, 0) is 35.2 Å². The van der Waals surface area contributed by atoms with Crippen molar-refractivity contribution in [2.24, 2.45) is 0 Å². The molecule has 4 N–H and O–H groups in total. The summed E-state index contributed by atoms with van der Waals surface area (Å²) in [5, 5.41) is 4.81. The van der Waals surface area contributed by atoms with Crippen molar-refractivity contribution in [2.75, 3.05) is 41.5 Å². The fourth-order valence-electron chi connectivity index (χ4n) is 7.29. The second-order valence-corrected chi connectivity index (χ2v) is 15.0. The summed E-state index contributed by atoms with van der Waals surface area (Å²) in [6, 6.07) is 24.9. The smallest absolute Gasteiger partial charge is 0.407 e. The van der Waals surface area contributed by atoms with Crippen LogP contribution in [0.4, 0.5) is 4.79 Å². The summed E-state index contributed by atoms with van der Waals surface area (Å²) < 4.78 is 14.2. The lowest BCUT2D eigenvalue weighted by Gasteiger charge is -2.26. The Balaban J connectivity index is 0.000000534. The van der Waals surface area contributed by atoms with E-state index in [4.69, 9.17) is 9.72 Å². The number of nitrogens with one attached hydrogen (secondary N) is 4. The first-order valence-corrected chi connectivity index (χ1v) is 20.5. The van der Waals surface area contributed by atoms with Crippen LogP contribution < -0.4 is 10.6 Å². The molecule has 3 aromatic carbocycles. The number of aromatic amines is 2. The minimum absolute atomic E-state index is 0.110. The first-order valence-electron chi connectivity index (χ1n) is 20.5. The molecule has 0 aliphatic carbocycles. The van der Waals surface area contributed by atoms with E-state index in [0.717, 1.165) is 77.4 Å². The largest absolute Gasteiger partial charge is 0.456 e. The fourth-order valence-corrected chi connectivity index (χ4v) is 7.29. The zero-order valence-corrected chi connectivity index (χ0v) is 36.1. The Morgan fingerprint density at radius 3 is 2.03 bits per heavy atom. The van der Waals surface area contributed by atoms with Gasteiger partial charge in [-0.05, 0) is 75.4 Å². The summed E-state index contributed by atoms with van der Waals surface area (Å²) >= 11 is 0. The van der Waals surface area contributed by atoms with E-state index in [9.17, 15) is 24.0 Å². The third kappa shape index (κ3) is 12.0. The Hall–Kier alpha value is -6.65. The lowest BCUT2D eigenvalue weighted by molar-refractivity contribution is -0.135. The van der Waals surface area contributed by atoms with Gasteiger partial charge in [0.2, 0.25) is 12.3 Å². The van der Waals surface area contributed by atoms with E-state index in [0.29, 0.717) is 30.6 Å². The normalized spacial score (nSPS) is 16.7. The highest BCUT2D eigenvalue weighted by atomic mass is 16.5. The van der Waals surface area contributed by atoms with Crippen LogP contribution in [0, 0.1) is 0 Å². The highest BCUT2D eigenvalue weighted by molar-refractivity contribution is 5.94. The number of hydrogen-bond acceptors (Lipinski definition) is 11. The number of hydrogen-bond donors (Lipinski definition) is 4. The molecular formula is C46H56N8O8. The van der Waals surface area contributed by atoms with E-state index in [2.05, 4.69) is 59.1 Å². The number of H-pyrrole nitrogens is 2. The second kappa shape index (κ2) is 22.8. The first-order chi connectivity index (χ1) is 30.0. The molecule has 5 aromatic rings. The highest BCUT2D eigenvalue weighted by Gasteiger charge is 2.34. The van der Waals surface area contributed by atoms with Gasteiger partial charge >= 0.3 is 12.1 Å². The maximum absolute atomic E-state index is 13.4. The molecule has 4 atom stereocenters. The number of aldehydes is 1. The van der Waals surface area contributed by atoms with Crippen LogP contribution in [0.25, 0.3) is 33.6 Å². The van der Waals surface area contributed by atoms with Crippen LogP contribution in [0.2, 0.25) is 0 Å². The van der Waals surface area contributed by atoms with Crippen molar-refractivity contribution in [3.63, 3.8) is 0 Å². The molecule has 328 valence electrons. The van der Waals surface area contributed by atoms with Gasteiger partial charge in [0, 0.05) is 26.3 Å². The highest BCUT2D eigenvalue weighted by Crippen LogP contribution is 2.35. The minimum atomic E-state index is -0.588. The summed E-state index contributed by atoms with van der Waals surface area (Å²) in [4.78, 5) is 77.7. The monoisotopic (exact) mass is 848 g/mol. The van der Waals surface area contributed by atoms with Crippen molar-refractivity contribution in [1.29, 1.82) is 0 Å². The van der Waals surface area contributed by atoms with Crippen LogP contribution in [0.15, 0.2) is 85.1 Å². The van der Waals surface area contributed by atoms with E-state index in [1.54, 1.807) is 39.2 Å². The zero-order valence-electron chi connectivity index (χ0n) is 36.1. The molecule has 16 nitrogen and oxygen atoms in total. The number of carbonyl (C=O) groups is 5. The molecule has 16 heteroatoms. The van der Waals surface area contributed by atoms with E-state index >= 15 is 0 Å². The van der Waals surface area contributed by atoms with Crippen molar-refractivity contribution in [3.05, 3.63) is 108 Å². The number of esters is 1. The lowest BCUT2D eigenvalue weighted by Crippen LogP contribution is -2.44. The summed E-state index contributed by atoms with van der Waals surface area (Å²) in [6.07, 6.45) is 6.16. The quantitative estimate of drug-likeness (QED) is 0.0771. The van der Waals surface area contributed by atoms with Gasteiger partial charge < -0.3 is 44.5 Å². The van der Waals surface area contributed by atoms with Gasteiger partial charge in [0.05, 0.1) is 37.1 Å². The number of alkyl carbamates (subject to hydrolysis) is 1. The molecule has 3 amide bonds. The van der Waals surface area contributed by atoms with E-state index in [-0.39, 0.29) is 24.6 Å². The topological polar surface area (TPSA) is 201 Å². The zero-order chi connectivity index (χ0) is 44.6. The Morgan fingerprint density at radius 2 is 1.44 bits per heavy atom. The third-order valence-corrected chi connectivity index (χ3v) is 10.5. The maximum Gasteiger partial charge on any atom is 0.407 e.